The second kappa shape index (κ2) is 6.46. The predicted octanol–water partition coefficient (Wildman–Crippen LogP) is 2.62. The van der Waals surface area contributed by atoms with Crippen LogP contribution in [0.25, 0.3) is 0 Å². The Morgan fingerprint density at radius 3 is 3.05 bits per heavy atom. The van der Waals surface area contributed by atoms with Gasteiger partial charge in [-0.2, -0.15) is 11.8 Å². The van der Waals surface area contributed by atoms with Crippen molar-refractivity contribution in [3.63, 3.8) is 0 Å². The summed E-state index contributed by atoms with van der Waals surface area (Å²) in [4.78, 5) is 0. The lowest BCUT2D eigenvalue weighted by Gasteiger charge is -2.37. The monoisotopic (exact) mass is 310 g/mol. The number of ether oxygens (including phenoxy) is 3. The summed E-state index contributed by atoms with van der Waals surface area (Å²) in [5, 5.41) is 9.28. The number of thioether (sulfide) groups is 1. The minimum absolute atomic E-state index is 0.00864. The molecule has 5 heteroatoms. The van der Waals surface area contributed by atoms with Gasteiger partial charge < -0.3 is 19.3 Å². The van der Waals surface area contributed by atoms with Crippen molar-refractivity contribution in [3.8, 4) is 11.5 Å². The summed E-state index contributed by atoms with van der Waals surface area (Å²) < 4.78 is 17.6. The molecule has 2 unspecified atom stereocenters. The fraction of sp³-hybridized carbons (Fsp3) is 0.625. The lowest BCUT2D eigenvalue weighted by molar-refractivity contribution is -0.0961. The molecule has 0 saturated carbocycles. The Balaban J connectivity index is 1.73. The van der Waals surface area contributed by atoms with Crippen LogP contribution in [-0.4, -0.2) is 42.0 Å². The number of aliphatic hydroxyl groups is 1. The molecular weight excluding hydrogens is 288 g/mol. The molecule has 0 amide bonds. The lowest BCUT2D eigenvalue weighted by atomic mass is 9.91. The second-order valence-corrected chi connectivity index (χ2v) is 6.82. The van der Waals surface area contributed by atoms with Crippen LogP contribution in [0.3, 0.4) is 0 Å². The molecule has 116 valence electrons. The van der Waals surface area contributed by atoms with Crippen LogP contribution in [0.15, 0.2) is 18.2 Å². The first-order chi connectivity index (χ1) is 10.2. The van der Waals surface area contributed by atoms with Gasteiger partial charge in [-0.25, -0.2) is 0 Å². The molecule has 21 heavy (non-hydrogen) atoms. The van der Waals surface area contributed by atoms with Gasteiger partial charge in [-0.3, -0.25) is 0 Å². The van der Waals surface area contributed by atoms with Crippen LogP contribution in [0, 0.1) is 0 Å². The highest BCUT2D eigenvalue weighted by Gasteiger charge is 2.41. The Morgan fingerprint density at radius 1 is 1.43 bits per heavy atom. The van der Waals surface area contributed by atoms with E-state index < -0.39 is 0 Å². The first-order valence-electron chi connectivity index (χ1n) is 7.41. The van der Waals surface area contributed by atoms with Crippen LogP contribution in [0.5, 0.6) is 11.5 Å². The molecule has 2 aliphatic rings. The largest absolute Gasteiger partial charge is 0.493 e. The molecule has 0 aliphatic carbocycles. The summed E-state index contributed by atoms with van der Waals surface area (Å²) in [7, 11) is 1.64. The number of benzene rings is 1. The molecule has 3 rings (SSSR count). The van der Waals surface area contributed by atoms with Crippen molar-refractivity contribution < 1.29 is 19.3 Å². The number of hydrogen-bond donors (Lipinski definition) is 1. The van der Waals surface area contributed by atoms with Crippen LogP contribution in [-0.2, 0) is 11.3 Å². The molecule has 1 spiro atoms. The highest BCUT2D eigenvalue weighted by Crippen LogP contribution is 2.40. The molecule has 1 N–H and O–H groups in total. The number of methoxy groups -OCH3 is 1. The molecular formula is C16H22O4S. The quantitative estimate of drug-likeness (QED) is 0.926. The van der Waals surface area contributed by atoms with E-state index in [-0.39, 0.29) is 18.3 Å². The predicted molar refractivity (Wildman–Crippen MR) is 83.2 cm³/mol. The number of hydrogen-bond acceptors (Lipinski definition) is 5. The van der Waals surface area contributed by atoms with Gasteiger partial charge in [-0.05, 0) is 29.9 Å². The van der Waals surface area contributed by atoms with Gasteiger partial charge >= 0.3 is 0 Å². The standard InChI is InChI=1S/C16H22O4S/c1-18-14-3-2-12(10-17)8-15(14)20-13-4-6-19-16(9-13)5-7-21-11-16/h2-3,8,13,17H,4-7,9-11H2,1H3. The minimum atomic E-state index is 0.00864. The van der Waals surface area contributed by atoms with Gasteiger partial charge in [-0.15, -0.1) is 0 Å². The van der Waals surface area contributed by atoms with E-state index in [0.717, 1.165) is 42.9 Å². The zero-order valence-electron chi connectivity index (χ0n) is 12.3. The summed E-state index contributed by atoms with van der Waals surface area (Å²) >= 11 is 1.96. The Hall–Kier alpha value is -0.910. The van der Waals surface area contributed by atoms with Crippen molar-refractivity contribution in [2.24, 2.45) is 0 Å². The molecule has 1 aromatic carbocycles. The third-order valence-corrected chi connectivity index (χ3v) is 5.44. The summed E-state index contributed by atoms with van der Waals surface area (Å²) in [5.41, 5.74) is 0.846. The van der Waals surface area contributed by atoms with Crippen LogP contribution in [0.2, 0.25) is 0 Å². The Labute approximate surface area is 129 Å². The maximum Gasteiger partial charge on any atom is 0.161 e. The van der Waals surface area contributed by atoms with Gasteiger partial charge in [0, 0.05) is 18.6 Å². The van der Waals surface area contributed by atoms with Crippen molar-refractivity contribution in [2.45, 2.75) is 37.6 Å². The van der Waals surface area contributed by atoms with Crippen molar-refractivity contribution in [2.75, 3.05) is 25.2 Å². The smallest absolute Gasteiger partial charge is 0.161 e. The average molecular weight is 310 g/mol. The van der Waals surface area contributed by atoms with Gasteiger partial charge in [0.15, 0.2) is 11.5 Å². The highest BCUT2D eigenvalue weighted by molar-refractivity contribution is 7.99. The molecule has 0 bridgehead atoms. The first-order valence-corrected chi connectivity index (χ1v) is 8.56. The fourth-order valence-electron chi connectivity index (χ4n) is 3.04. The molecule has 2 atom stereocenters. The van der Waals surface area contributed by atoms with Gasteiger partial charge in [0.1, 0.15) is 6.10 Å². The SMILES string of the molecule is COc1ccc(CO)cc1OC1CCOC2(CCSC2)C1. The van der Waals surface area contributed by atoms with Crippen LogP contribution >= 0.6 is 11.8 Å². The third kappa shape index (κ3) is 3.30. The van der Waals surface area contributed by atoms with E-state index in [1.807, 2.05) is 30.0 Å². The van der Waals surface area contributed by atoms with Gasteiger partial charge in [-0.1, -0.05) is 6.07 Å². The number of rotatable bonds is 4. The molecule has 2 heterocycles. The highest BCUT2D eigenvalue weighted by atomic mass is 32.2. The number of aliphatic hydroxyl groups excluding tert-OH is 1. The molecule has 2 fully saturated rings. The van der Waals surface area contributed by atoms with E-state index in [9.17, 15) is 5.11 Å². The Kier molecular flexibility index (Phi) is 4.62. The van der Waals surface area contributed by atoms with Crippen molar-refractivity contribution in [3.05, 3.63) is 23.8 Å². The topological polar surface area (TPSA) is 47.9 Å². The second-order valence-electron chi connectivity index (χ2n) is 5.71. The van der Waals surface area contributed by atoms with Crippen molar-refractivity contribution >= 4 is 11.8 Å². The summed E-state index contributed by atoms with van der Waals surface area (Å²) in [6.07, 6.45) is 3.11. The maximum atomic E-state index is 9.28. The summed E-state index contributed by atoms with van der Waals surface area (Å²) in [5.74, 6) is 3.68. The van der Waals surface area contributed by atoms with E-state index in [4.69, 9.17) is 14.2 Å². The summed E-state index contributed by atoms with van der Waals surface area (Å²) in [6, 6.07) is 5.57. The van der Waals surface area contributed by atoms with E-state index in [2.05, 4.69) is 0 Å². The first kappa shape index (κ1) is 15.0. The van der Waals surface area contributed by atoms with E-state index in [1.165, 1.54) is 5.75 Å². The molecule has 1 aromatic rings. The molecule has 0 radical (unpaired) electrons. The Bertz CT molecular complexity index is 485. The fourth-order valence-corrected chi connectivity index (χ4v) is 4.42. The van der Waals surface area contributed by atoms with Crippen LogP contribution in [0.1, 0.15) is 24.8 Å². The van der Waals surface area contributed by atoms with Crippen LogP contribution in [0.4, 0.5) is 0 Å². The van der Waals surface area contributed by atoms with E-state index >= 15 is 0 Å². The zero-order valence-corrected chi connectivity index (χ0v) is 13.2. The Morgan fingerprint density at radius 2 is 2.33 bits per heavy atom. The average Bonchev–Trinajstić information content (AvgIpc) is 2.95. The van der Waals surface area contributed by atoms with Gasteiger partial charge in [0.2, 0.25) is 0 Å². The molecule has 2 aliphatic heterocycles. The third-order valence-electron chi connectivity index (χ3n) is 4.22. The van der Waals surface area contributed by atoms with Gasteiger partial charge in [0.25, 0.3) is 0 Å². The molecule has 2 saturated heterocycles. The normalized spacial score (nSPS) is 28.8. The molecule has 4 nitrogen and oxygen atoms in total. The van der Waals surface area contributed by atoms with E-state index in [1.54, 1.807) is 7.11 Å². The van der Waals surface area contributed by atoms with Crippen molar-refractivity contribution in [1.82, 2.24) is 0 Å². The van der Waals surface area contributed by atoms with Crippen LogP contribution < -0.4 is 9.47 Å². The van der Waals surface area contributed by atoms with E-state index in [0.29, 0.717) is 5.75 Å². The summed E-state index contributed by atoms with van der Waals surface area (Å²) in [6.45, 7) is 0.766. The van der Waals surface area contributed by atoms with Crippen molar-refractivity contribution in [1.29, 1.82) is 0 Å². The zero-order chi connectivity index (χ0) is 14.7. The van der Waals surface area contributed by atoms with Gasteiger partial charge in [0.05, 0.1) is 25.9 Å². The minimum Gasteiger partial charge on any atom is -0.493 e. The molecule has 0 aromatic heterocycles. The lowest BCUT2D eigenvalue weighted by Crippen LogP contribution is -2.43. The maximum absolute atomic E-state index is 9.28.